The van der Waals surface area contributed by atoms with Crippen molar-refractivity contribution in [2.75, 3.05) is 17.7 Å². The highest BCUT2D eigenvalue weighted by Gasteiger charge is 2.19. The van der Waals surface area contributed by atoms with E-state index >= 15 is 0 Å². The van der Waals surface area contributed by atoms with Crippen molar-refractivity contribution in [3.8, 4) is 5.75 Å². The van der Waals surface area contributed by atoms with Gasteiger partial charge in [0.2, 0.25) is 5.91 Å². The maximum Gasteiger partial charge on any atom is 0.259 e. The molecule has 0 aliphatic heterocycles. The molecule has 0 fully saturated rings. The molecule has 1 aromatic carbocycles. The number of fused-ring (bicyclic) bond motifs is 3. The van der Waals surface area contributed by atoms with Crippen molar-refractivity contribution < 1.29 is 9.53 Å². The van der Waals surface area contributed by atoms with E-state index in [0.29, 0.717) is 18.2 Å². The fraction of sp³-hybridized carbons (Fsp3) is 0.381. The highest BCUT2D eigenvalue weighted by Crippen LogP contribution is 2.33. The Hall–Kier alpha value is -2.32. The summed E-state index contributed by atoms with van der Waals surface area (Å²) < 4.78 is 5.39. The van der Waals surface area contributed by atoms with Gasteiger partial charge in [0, 0.05) is 10.6 Å². The average Bonchev–Trinajstić information content (AvgIpc) is 3.08. The number of benzene rings is 1. The third kappa shape index (κ3) is 4.64. The first kappa shape index (κ1) is 20.0. The zero-order chi connectivity index (χ0) is 20.2. The number of anilines is 1. The molecule has 4 rings (SSSR count). The maximum absolute atomic E-state index is 12.6. The molecule has 0 atom stereocenters. The Balaban J connectivity index is 1.34. The van der Waals surface area contributed by atoms with Crippen LogP contribution in [0.5, 0.6) is 5.75 Å². The number of aromatic nitrogens is 2. The molecule has 0 saturated carbocycles. The van der Waals surface area contributed by atoms with Crippen molar-refractivity contribution in [1.82, 2.24) is 9.97 Å². The van der Waals surface area contributed by atoms with E-state index in [9.17, 15) is 9.59 Å². The zero-order valence-corrected chi connectivity index (χ0v) is 17.9. The summed E-state index contributed by atoms with van der Waals surface area (Å²) in [5, 5.41) is 3.64. The Labute approximate surface area is 177 Å². The van der Waals surface area contributed by atoms with Crippen molar-refractivity contribution in [2.45, 2.75) is 38.4 Å². The van der Waals surface area contributed by atoms with Gasteiger partial charge in [-0.3, -0.25) is 9.59 Å². The summed E-state index contributed by atoms with van der Waals surface area (Å²) in [5.41, 5.74) is 1.87. The highest BCUT2D eigenvalue weighted by atomic mass is 32.2. The van der Waals surface area contributed by atoms with Gasteiger partial charge >= 0.3 is 0 Å². The van der Waals surface area contributed by atoms with E-state index in [0.717, 1.165) is 40.9 Å². The standard InChI is InChI=1S/C21H23N3O3S2/c1-2-27-14-9-7-13(8-10-14)22-18(25)12-28-11-17-23-20(26)19-15-5-3-4-6-16(15)29-21(19)24-17/h7-10H,2-6,11-12H2,1H3,(H,22,25)(H,23,24,26). The molecule has 1 aliphatic carbocycles. The number of aryl methyl sites for hydroxylation is 2. The fourth-order valence-electron chi connectivity index (χ4n) is 3.52. The second-order valence-corrected chi connectivity index (χ2v) is 8.97. The van der Waals surface area contributed by atoms with Gasteiger partial charge in [-0.2, -0.15) is 0 Å². The van der Waals surface area contributed by atoms with Gasteiger partial charge in [0.1, 0.15) is 16.4 Å². The molecule has 29 heavy (non-hydrogen) atoms. The second-order valence-electron chi connectivity index (χ2n) is 6.90. The van der Waals surface area contributed by atoms with Crippen molar-refractivity contribution in [3.05, 3.63) is 50.9 Å². The van der Waals surface area contributed by atoms with Crippen molar-refractivity contribution in [1.29, 1.82) is 0 Å². The smallest absolute Gasteiger partial charge is 0.259 e. The molecule has 0 bridgehead atoms. The number of carbonyl (C=O) groups is 1. The predicted molar refractivity (Wildman–Crippen MR) is 119 cm³/mol. The fourth-order valence-corrected chi connectivity index (χ4v) is 5.49. The third-order valence-electron chi connectivity index (χ3n) is 4.80. The Morgan fingerprint density at radius 3 is 2.86 bits per heavy atom. The SMILES string of the molecule is CCOc1ccc(NC(=O)CSCc2nc3sc4c(c3c(=O)[nH]2)CCCC4)cc1. The number of hydrogen-bond donors (Lipinski definition) is 2. The van der Waals surface area contributed by atoms with Crippen LogP contribution in [0.3, 0.4) is 0 Å². The van der Waals surface area contributed by atoms with Gasteiger partial charge in [-0.15, -0.1) is 23.1 Å². The Bertz CT molecular complexity index is 1070. The quantitative estimate of drug-likeness (QED) is 0.590. The highest BCUT2D eigenvalue weighted by molar-refractivity contribution is 7.99. The van der Waals surface area contributed by atoms with Gasteiger partial charge < -0.3 is 15.0 Å². The number of nitrogens with zero attached hydrogens (tertiary/aromatic N) is 1. The molecule has 152 valence electrons. The lowest BCUT2D eigenvalue weighted by Gasteiger charge is -2.09. The molecule has 2 N–H and O–H groups in total. The minimum Gasteiger partial charge on any atom is -0.494 e. The van der Waals surface area contributed by atoms with Crippen LogP contribution >= 0.6 is 23.1 Å². The van der Waals surface area contributed by atoms with Crippen molar-refractivity contribution in [2.24, 2.45) is 0 Å². The van der Waals surface area contributed by atoms with Crippen LogP contribution in [-0.4, -0.2) is 28.2 Å². The van der Waals surface area contributed by atoms with Crippen LogP contribution in [-0.2, 0) is 23.4 Å². The van der Waals surface area contributed by atoms with Crippen LogP contribution in [0.15, 0.2) is 29.1 Å². The molecule has 1 aliphatic rings. The Morgan fingerprint density at radius 2 is 2.07 bits per heavy atom. The van der Waals surface area contributed by atoms with E-state index in [2.05, 4.69) is 15.3 Å². The second kappa shape index (κ2) is 9.00. The lowest BCUT2D eigenvalue weighted by atomic mass is 9.97. The molecule has 0 radical (unpaired) electrons. The topological polar surface area (TPSA) is 84.1 Å². The Morgan fingerprint density at radius 1 is 1.28 bits per heavy atom. The predicted octanol–water partition coefficient (Wildman–Crippen LogP) is 4.13. The number of rotatable bonds is 7. The molecule has 0 saturated heterocycles. The van der Waals surface area contributed by atoms with E-state index in [4.69, 9.17) is 4.74 Å². The molecule has 8 heteroatoms. The summed E-state index contributed by atoms with van der Waals surface area (Å²) in [6.07, 6.45) is 4.34. The average molecular weight is 430 g/mol. The van der Waals surface area contributed by atoms with Gasteiger partial charge in [0.15, 0.2) is 0 Å². The van der Waals surface area contributed by atoms with Crippen molar-refractivity contribution >= 4 is 44.9 Å². The monoisotopic (exact) mass is 429 g/mol. The Kier molecular flexibility index (Phi) is 6.20. The summed E-state index contributed by atoms with van der Waals surface area (Å²) in [4.78, 5) is 34.4. The molecule has 6 nitrogen and oxygen atoms in total. The van der Waals surface area contributed by atoms with E-state index in [1.165, 1.54) is 28.6 Å². The number of hydrogen-bond acceptors (Lipinski definition) is 6. The zero-order valence-electron chi connectivity index (χ0n) is 16.2. The number of H-pyrrole nitrogens is 1. The molecule has 0 unspecified atom stereocenters. The number of thioether (sulfide) groups is 1. The summed E-state index contributed by atoms with van der Waals surface area (Å²) in [6, 6.07) is 7.30. The molecular formula is C21H23N3O3S2. The minimum atomic E-state index is -0.0887. The first-order valence-electron chi connectivity index (χ1n) is 9.78. The number of thiophene rings is 1. The minimum absolute atomic E-state index is 0.0520. The van der Waals surface area contributed by atoms with Crippen LogP contribution in [0, 0.1) is 0 Å². The number of nitrogens with one attached hydrogen (secondary N) is 2. The molecule has 0 spiro atoms. The molecular weight excluding hydrogens is 406 g/mol. The first-order valence-corrected chi connectivity index (χ1v) is 11.7. The van der Waals surface area contributed by atoms with Crippen LogP contribution in [0.25, 0.3) is 10.2 Å². The van der Waals surface area contributed by atoms with E-state index in [1.54, 1.807) is 11.3 Å². The van der Waals surface area contributed by atoms with Crippen LogP contribution < -0.4 is 15.6 Å². The molecule has 3 aromatic rings. The third-order valence-corrected chi connectivity index (χ3v) is 6.92. The summed E-state index contributed by atoms with van der Waals surface area (Å²) in [6.45, 7) is 2.54. The van der Waals surface area contributed by atoms with Gasteiger partial charge in [-0.05, 0) is 62.4 Å². The summed E-state index contributed by atoms with van der Waals surface area (Å²) >= 11 is 3.08. The van der Waals surface area contributed by atoms with E-state index in [1.807, 2.05) is 31.2 Å². The van der Waals surface area contributed by atoms with Gasteiger partial charge in [0.25, 0.3) is 5.56 Å². The largest absolute Gasteiger partial charge is 0.494 e. The van der Waals surface area contributed by atoms with Gasteiger partial charge in [-0.1, -0.05) is 0 Å². The lowest BCUT2D eigenvalue weighted by molar-refractivity contribution is -0.113. The summed E-state index contributed by atoms with van der Waals surface area (Å²) in [7, 11) is 0. The van der Waals surface area contributed by atoms with E-state index in [-0.39, 0.29) is 17.2 Å². The first-order chi connectivity index (χ1) is 14.1. The van der Waals surface area contributed by atoms with Gasteiger partial charge in [0.05, 0.1) is 23.5 Å². The number of aromatic amines is 1. The maximum atomic E-state index is 12.6. The van der Waals surface area contributed by atoms with E-state index < -0.39 is 0 Å². The van der Waals surface area contributed by atoms with Crippen LogP contribution in [0.1, 0.15) is 36.0 Å². The van der Waals surface area contributed by atoms with Crippen LogP contribution in [0.2, 0.25) is 0 Å². The van der Waals surface area contributed by atoms with Crippen LogP contribution in [0.4, 0.5) is 5.69 Å². The number of carbonyl (C=O) groups excluding carboxylic acids is 1. The molecule has 1 amide bonds. The summed E-state index contributed by atoms with van der Waals surface area (Å²) in [5.74, 6) is 2.09. The van der Waals surface area contributed by atoms with Crippen molar-refractivity contribution in [3.63, 3.8) is 0 Å². The molecule has 2 heterocycles. The lowest BCUT2D eigenvalue weighted by Crippen LogP contribution is -2.15. The molecule has 2 aromatic heterocycles. The number of ether oxygens (including phenoxy) is 1. The normalized spacial score (nSPS) is 13.3. The number of amides is 1. The van der Waals surface area contributed by atoms with Gasteiger partial charge in [-0.25, -0.2) is 4.98 Å².